The number of benzene rings is 2. The highest BCUT2D eigenvalue weighted by Gasteiger charge is 2.15. The predicted molar refractivity (Wildman–Crippen MR) is 121 cm³/mol. The predicted octanol–water partition coefficient (Wildman–Crippen LogP) is 2.49. The van der Waals surface area contributed by atoms with Crippen molar-refractivity contribution in [3.05, 3.63) is 48.5 Å². The molecular formula is C19H20N8O2S2. The van der Waals surface area contributed by atoms with Crippen molar-refractivity contribution >= 4 is 23.5 Å². The van der Waals surface area contributed by atoms with Crippen LogP contribution in [0.1, 0.15) is 0 Å². The molecule has 0 radical (unpaired) electrons. The van der Waals surface area contributed by atoms with Gasteiger partial charge in [0.05, 0.1) is 19.3 Å². The van der Waals surface area contributed by atoms with Crippen LogP contribution in [-0.2, 0) is 0 Å². The van der Waals surface area contributed by atoms with Gasteiger partial charge in [-0.05, 0) is 48.5 Å². The van der Waals surface area contributed by atoms with Crippen molar-refractivity contribution < 1.29 is 9.47 Å². The Kier molecular flexibility index (Phi) is 6.18. The summed E-state index contributed by atoms with van der Waals surface area (Å²) in [6, 6.07) is 14.9. The van der Waals surface area contributed by atoms with Crippen LogP contribution in [0.2, 0.25) is 0 Å². The summed E-state index contributed by atoms with van der Waals surface area (Å²) in [5, 5.41) is 18.5. The van der Waals surface area contributed by atoms with Gasteiger partial charge in [0.1, 0.15) is 11.5 Å². The first-order chi connectivity index (χ1) is 15.1. The highest BCUT2D eigenvalue weighted by molar-refractivity contribution is 8.15. The molecule has 0 bridgehead atoms. The minimum Gasteiger partial charge on any atom is -0.497 e. The second-order valence-corrected chi connectivity index (χ2v) is 8.47. The lowest BCUT2D eigenvalue weighted by molar-refractivity contribution is 0.414. The van der Waals surface area contributed by atoms with Crippen LogP contribution in [0.25, 0.3) is 22.8 Å². The normalized spacial score (nSPS) is 10.9. The maximum Gasteiger partial charge on any atom is 0.210 e. The monoisotopic (exact) mass is 456 g/mol. The Morgan fingerprint density at radius 1 is 0.677 bits per heavy atom. The maximum atomic E-state index is 6.18. The van der Waals surface area contributed by atoms with Gasteiger partial charge in [-0.2, -0.15) is 0 Å². The average Bonchev–Trinajstić information content (AvgIpc) is 3.36. The Balaban J connectivity index is 1.40. The molecule has 4 rings (SSSR count). The minimum atomic E-state index is 0.568. The Morgan fingerprint density at radius 3 is 1.42 bits per heavy atom. The molecule has 0 fully saturated rings. The second kappa shape index (κ2) is 9.18. The third-order valence-corrected chi connectivity index (χ3v) is 6.42. The van der Waals surface area contributed by atoms with Gasteiger partial charge in [-0.15, -0.1) is 20.4 Å². The number of nitrogens with two attached hydrogens (primary N) is 2. The first kappa shape index (κ1) is 20.9. The number of nitrogen functional groups attached to an aromatic ring is 2. The molecule has 31 heavy (non-hydrogen) atoms. The molecule has 0 aliphatic rings. The Labute approximate surface area is 186 Å². The fraction of sp³-hybridized carbons (Fsp3) is 0.158. The summed E-state index contributed by atoms with van der Waals surface area (Å²) in [5.41, 5.74) is 1.70. The molecule has 160 valence electrons. The summed E-state index contributed by atoms with van der Waals surface area (Å²) >= 11 is 2.87. The van der Waals surface area contributed by atoms with E-state index in [0.29, 0.717) is 27.0 Å². The molecule has 2 aromatic carbocycles. The first-order valence-electron chi connectivity index (χ1n) is 9.06. The quantitative estimate of drug-likeness (QED) is 0.231. The van der Waals surface area contributed by atoms with Crippen LogP contribution in [0, 0.1) is 0 Å². The molecule has 2 heterocycles. The number of aromatic nitrogens is 6. The van der Waals surface area contributed by atoms with E-state index in [-0.39, 0.29) is 0 Å². The van der Waals surface area contributed by atoms with E-state index in [9.17, 15) is 0 Å². The molecule has 0 aliphatic heterocycles. The molecule has 0 spiro atoms. The number of rotatable bonds is 8. The molecule has 0 saturated carbocycles. The summed E-state index contributed by atoms with van der Waals surface area (Å²) in [6.45, 7) is 0. The summed E-state index contributed by atoms with van der Waals surface area (Å²) in [7, 11) is 3.24. The van der Waals surface area contributed by atoms with E-state index in [0.717, 1.165) is 22.6 Å². The molecule has 0 amide bonds. The highest BCUT2D eigenvalue weighted by Crippen LogP contribution is 2.29. The molecule has 10 nitrogen and oxygen atoms in total. The van der Waals surface area contributed by atoms with Crippen molar-refractivity contribution in [2.75, 3.05) is 31.0 Å². The third-order valence-electron chi connectivity index (χ3n) is 4.40. The van der Waals surface area contributed by atoms with Crippen LogP contribution >= 0.6 is 23.5 Å². The lowest BCUT2D eigenvalue weighted by Gasteiger charge is -2.05. The second-order valence-electron chi connectivity index (χ2n) is 6.22. The molecule has 4 aromatic rings. The van der Waals surface area contributed by atoms with Crippen LogP contribution in [0.3, 0.4) is 0 Å². The zero-order valence-corrected chi connectivity index (χ0v) is 18.4. The van der Waals surface area contributed by atoms with Gasteiger partial charge in [0.2, 0.25) is 10.3 Å². The Hall–Kier alpha value is -3.38. The molecule has 12 heteroatoms. The first-order valence-corrected chi connectivity index (χ1v) is 11.0. The molecule has 0 atom stereocenters. The average molecular weight is 457 g/mol. The smallest absolute Gasteiger partial charge is 0.210 e. The van der Waals surface area contributed by atoms with Crippen molar-refractivity contribution in [1.29, 1.82) is 0 Å². The van der Waals surface area contributed by atoms with Crippen molar-refractivity contribution in [3.8, 4) is 34.3 Å². The van der Waals surface area contributed by atoms with Gasteiger partial charge in [-0.1, -0.05) is 23.5 Å². The van der Waals surface area contributed by atoms with Crippen molar-refractivity contribution in [2.24, 2.45) is 0 Å². The van der Waals surface area contributed by atoms with Gasteiger partial charge in [-0.25, -0.2) is 9.35 Å². The number of hydrogen-bond acceptors (Lipinski definition) is 10. The largest absolute Gasteiger partial charge is 0.497 e. The molecule has 0 unspecified atom stereocenters. The van der Waals surface area contributed by atoms with Crippen LogP contribution < -0.4 is 21.2 Å². The van der Waals surface area contributed by atoms with E-state index in [2.05, 4.69) is 20.4 Å². The van der Waals surface area contributed by atoms with E-state index < -0.39 is 0 Å². The van der Waals surface area contributed by atoms with E-state index in [1.165, 1.54) is 32.9 Å². The van der Waals surface area contributed by atoms with Crippen LogP contribution in [0.4, 0.5) is 0 Å². The lowest BCUT2D eigenvalue weighted by atomic mass is 10.2. The number of hydrogen-bond donors (Lipinski definition) is 2. The standard InChI is InChI=1S/C19H20N8O2S2/c1-28-14-7-3-12(4-8-14)16-22-24-18(26(16)20)30-11-31-19-25-23-17(27(19)21)13-5-9-15(29-2)10-6-13/h3-10H,11,20-21H2,1-2H3. The van der Waals surface area contributed by atoms with Gasteiger partial charge in [0, 0.05) is 11.1 Å². The van der Waals surface area contributed by atoms with Crippen molar-refractivity contribution in [2.45, 2.75) is 10.3 Å². The van der Waals surface area contributed by atoms with E-state index in [1.807, 2.05) is 48.5 Å². The zero-order chi connectivity index (χ0) is 21.8. The van der Waals surface area contributed by atoms with Crippen molar-refractivity contribution in [3.63, 3.8) is 0 Å². The van der Waals surface area contributed by atoms with E-state index in [1.54, 1.807) is 14.2 Å². The fourth-order valence-corrected chi connectivity index (χ4v) is 4.49. The molecular weight excluding hydrogens is 436 g/mol. The molecule has 0 aliphatic carbocycles. The zero-order valence-electron chi connectivity index (χ0n) is 16.8. The molecule has 0 saturated heterocycles. The minimum absolute atomic E-state index is 0.568. The lowest BCUT2D eigenvalue weighted by Crippen LogP contribution is -2.12. The van der Waals surface area contributed by atoms with Crippen LogP contribution in [0.15, 0.2) is 58.8 Å². The van der Waals surface area contributed by atoms with Gasteiger partial charge in [0.15, 0.2) is 11.6 Å². The summed E-state index contributed by atoms with van der Waals surface area (Å²) in [4.78, 5) is 0. The summed E-state index contributed by atoms with van der Waals surface area (Å²) in [6.07, 6.45) is 0. The topological polar surface area (TPSA) is 132 Å². The van der Waals surface area contributed by atoms with Crippen LogP contribution in [-0.4, -0.2) is 49.1 Å². The Bertz CT molecular complexity index is 1070. The SMILES string of the molecule is COc1ccc(-c2nnc(SCSc3nnc(-c4ccc(OC)cc4)n3N)n2N)cc1. The highest BCUT2D eigenvalue weighted by atomic mass is 32.2. The van der Waals surface area contributed by atoms with Crippen molar-refractivity contribution in [1.82, 2.24) is 29.7 Å². The molecule has 4 N–H and O–H groups in total. The summed E-state index contributed by atoms with van der Waals surface area (Å²) in [5.74, 6) is 15.0. The number of thioether (sulfide) groups is 2. The number of ether oxygens (including phenoxy) is 2. The van der Waals surface area contributed by atoms with E-state index in [4.69, 9.17) is 21.2 Å². The van der Waals surface area contributed by atoms with Gasteiger partial charge < -0.3 is 21.2 Å². The maximum absolute atomic E-state index is 6.18. The van der Waals surface area contributed by atoms with Crippen LogP contribution in [0.5, 0.6) is 11.5 Å². The molecule has 2 aromatic heterocycles. The Morgan fingerprint density at radius 2 is 1.06 bits per heavy atom. The fourth-order valence-electron chi connectivity index (χ4n) is 2.76. The van der Waals surface area contributed by atoms with Gasteiger partial charge >= 0.3 is 0 Å². The number of nitrogens with zero attached hydrogens (tertiary/aromatic N) is 6. The number of methoxy groups -OCH3 is 2. The van der Waals surface area contributed by atoms with Gasteiger partial charge in [0.25, 0.3) is 0 Å². The van der Waals surface area contributed by atoms with E-state index >= 15 is 0 Å². The third kappa shape index (κ3) is 4.39. The summed E-state index contributed by atoms with van der Waals surface area (Å²) < 4.78 is 13.3. The van der Waals surface area contributed by atoms with Gasteiger partial charge in [-0.3, -0.25) is 0 Å².